The van der Waals surface area contributed by atoms with Crippen molar-refractivity contribution in [1.29, 1.82) is 0 Å². The summed E-state index contributed by atoms with van der Waals surface area (Å²) in [6.45, 7) is 10.8. The van der Waals surface area contributed by atoms with E-state index in [1.807, 2.05) is 63.2 Å². The summed E-state index contributed by atoms with van der Waals surface area (Å²) in [6.07, 6.45) is 0. The number of benzene rings is 3. The first-order chi connectivity index (χ1) is 15.9. The van der Waals surface area contributed by atoms with Crippen molar-refractivity contribution < 1.29 is 14.7 Å². The van der Waals surface area contributed by atoms with E-state index in [1.165, 1.54) is 13.8 Å². The molecule has 0 aliphatic heterocycles. The number of aliphatic carboxylic acids is 1. The Balaban J connectivity index is 1.85. The lowest BCUT2D eigenvalue weighted by Gasteiger charge is -2.22. The molecule has 1 atom stereocenters. The fraction of sp³-hybridized carbons (Fsp3) is 0.286. The fourth-order valence-electron chi connectivity index (χ4n) is 3.95. The first-order valence-corrected chi connectivity index (χ1v) is 11.6. The number of amides is 1. The van der Waals surface area contributed by atoms with Gasteiger partial charge in [0.2, 0.25) is 0 Å². The Bertz CT molecular complexity index is 1230. The van der Waals surface area contributed by atoms with Gasteiger partial charge in [0.05, 0.1) is 0 Å². The van der Waals surface area contributed by atoms with Gasteiger partial charge in [-0.05, 0) is 93.1 Å². The lowest BCUT2D eigenvalue weighted by atomic mass is 9.94. The van der Waals surface area contributed by atoms with Crippen LogP contribution in [0.3, 0.4) is 0 Å². The zero-order valence-corrected chi connectivity index (χ0v) is 21.2. The number of halogens is 1. The van der Waals surface area contributed by atoms with Crippen molar-refractivity contribution in [2.24, 2.45) is 0 Å². The number of aryl methyl sites for hydroxylation is 3. The van der Waals surface area contributed by atoms with Gasteiger partial charge in [0.1, 0.15) is 5.54 Å². The van der Waals surface area contributed by atoms with Gasteiger partial charge in [-0.3, -0.25) is 4.79 Å². The lowest BCUT2D eigenvalue weighted by Crippen LogP contribution is -2.49. The Morgan fingerprint density at radius 3 is 2.15 bits per heavy atom. The third-order valence-corrected chi connectivity index (χ3v) is 6.41. The second-order valence-electron chi connectivity index (χ2n) is 9.32. The van der Waals surface area contributed by atoms with Crippen molar-refractivity contribution in [1.82, 2.24) is 5.32 Å². The van der Waals surface area contributed by atoms with Crippen molar-refractivity contribution in [3.05, 3.63) is 87.4 Å². The van der Waals surface area contributed by atoms with Crippen LogP contribution in [0.2, 0.25) is 5.02 Å². The molecule has 3 rings (SSSR count). The van der Waals surface area contributed by atoms with E-state index in [0.29, 0.717) is 5.56 Å². The number of hydrogen-bond acceptors (Lipinski definition) is 3. The number of carbonyl (C=O) groups excluding carboxylic acids is 1. The zero-order valence-electron chi connectivity index (χ0n) is 20.4. The molecule has 0 aromatic heterocycles. The van der Waals surface area contributed by atoms with Crippen LogP contribution in [0.1, 0.15) is 59.4 Å². The number of carboxylic acid groups (broad SMARTS) is 1. The fourth-order valence-corrected chi connectivity index (χ4v) is 4.06. The van der Waals surface area contributed by atoms with Gasteiger partial charge in [-0.25, -0.2) is 4.79 Å². The first-order valence-electron chi connectivity index (χ1n) is 11.2. The number of nitrogens with one attached hydrogen (secondary N) is 2. The minimum Gasteiger partial charge on any atom is -0.480 e. The first kappa shape index (κ1) is 25.3. The van der Waals surface area contributed by atoms with Gasteiger partial charge >= 0.3 is 5.97 Å². The van der Waals surface area contributed by atoms with Crippen LogP contribution in [-0.2, 0) is 4.79 Å². The number of hydrogen-bond donors (Lipinski definition) is 3. The van der Waals surface area contributed by atoms with Crippen LogP contribution in [-0.4, -0.2) is 22.5 Å². The maximum Gasteiger partial charge on any atom is 0.328 e. The monoisotopic (exact) mass is 478 g/mol. The molecular formula is C28H31ClN2O3. The number of carboxylic acids is 1. The van der Waals surface area contributed by atoms with Crippen LogP contribution in [0.5, 0.6) is 0 Å². The van der Waals surface area contributed by atoms with E-state index < -0.39 is 17.4 Å². The maximum absolute atomic E-state index is 12.8. The molecule has 0 saturated heterocycles. The highest BCUT2D eigenvalue weighted by Gasteiger charge is 2.30. The molecule has 6 heteroatoms. The van der Waals surface area contributed by atoms with Crippen LogP contribution < -0.4 is 10.6 Å². The average Bonchev–Trinajstić information content (AvgIpc) is 2.74. The van der Waals surface area contributed by atoms with Gasteiger partial charge in [-0.2, -0.15) is 0 Å². The van der Waals surface area contributed by atoms with E-state index in [-0.39, 0.29) is 6.04 Å². The molecule has 0 fully saturated rings. The molecule has 178 valence electrons. The normalized spacial score (nSPS) is 12.2. The third kappa shape index (κ3) is 5.60. The molecule has 1 amide bonds. The summed E-state index contributed by atoms with van der Waals surface area (Å²) in [4.78, 5) is 24.2. The van der Waals surface area contributed by atoms with E-state index in [1.54, 1.807) is 0 Å². The molecule has 0 aliphatic carbocycles. The maximum atomic E-state index is 12.8. The van der Waals surface area contributed by atoms with Gasteiger partial charge < -0.3 is 15.7 Å². The summed E-state index contributed by atoms with van der Waals surface area (Å²) in [5.41, 5.74) is 5.91. The van der Waals surface area contributed by atoms with E-state index in [0.717, 1.165) is 44.1 Å². The van der Waals surface area contributed by atoms with Crippen LogP contribution >= 0.6 is 11.6 Å². The van der Waals surface area contributed by atoms with Crippen molar-refractivity contribution in [2.45, 2.75) is 53.1 Å². The highest BCUT2D eigenvalue weighted by Crippen LogP contribution is 2.29. The van der Waals surface area contributed by atoms with Crippen LogP contribution in [0.15, 0.2) is 54.6 Å². The molecule has 0 radical (unpaired) electrons. The van der Waals surface area contributed by atoms with E-state index in [2.05, 4.69) is 29.7 Å². The number of anilines is 1. The Labute approximate surface area is 206 Å². The molecule has 3 N–H and O–H groups in total. The van der Waals surface area contributed by atoms with Crippen molar-refractivity contribution >= 4 is 29.2 Å². The second kappa shape index (κ2) is 9.90. The van der Waals surface area contributed by atoms with Gasteiger partial charge in [0.15, 0.2) is 0 Å². The van der Waals surface area contributed by atoms with Crippen LogP contribution in [0, 0.1) is 20.8 Å². The van der Waals surface area contributed by atoms with E-state index >= 15 is 0 Å². The number of carbonyl (C=O) groups is 2. The van der Waals surface area contributed by atoms with Gasteiger partial charge in [0.25, 0.3) is 5.91 Å². The van der Waals surface area contributed by atoms with Gasteiger partial charge in [-0.15, -0.1) is 0 Å². The predicted molar refractivity (Wildman–Crippen MR) is 139 cm³/mol. The molecule has 3 aromatic rings. The SMILES string of the molecule is Cc1cc(C(C)Nc2cccc(-c3cc(C)c(C(=O)NC(C)(C)C(=O)O)c(C)c3)c2)ccc1Cl. The summed E-state index contributed by atoms with van der Waals surface area (Å²) in [5.74, 6) is -1.48. The molecule has 34 heavy (non-hydrogen) atoms. The quantitative estimate of drug-likeness (QED) is 0.353. The lowest BCUT2D eigenvalue weighted by molar-refractivity contribution is -0.143. The molecule has 0 aliphatic rings. The molecule has 0 heterocycles. The minimum absolute atomic E-state index is 0.0957. The Hall–Kier alpha value is -3.31. The molecule has 1 unspecified atom stereocenters. The molecule has 3 aromatic carbocycles. The van der Waals surface area contributed by atoms with Gasteiger partial charge in [0, 0.05) is 22.3 Å². The average molecular weight is 479 g/mol. The molecule has 0 spiro atoms. The highest BCUT2D eigenvalue weighted by molar-refractivity contribution is 6.31. The molecular weight excluding hydrogens is 448 g/mol. The largest absolute Gasteiger partial charge is 0.480 e. The van der Waals surface area contributed by atoms with Crippen LogP contribution in [0.25, 0.3) is 11.1 Å². The molecule has 0 saturated carbocycles. The Kier molecular flexibility index (Phi) is 7.37. The Morgan fingerprint density at radius 1 is 0.912 bits per heavy atom. The summed E-state index contributed by atoms with van der Waals surface area (Å²) < 4.78 is 0. The zero-order chi connectivity index (χ0) is 25.2. The van der Waals surface area contributed by atoms with Crippen molar-refractivity contribution in [2.75, 3.05) is 5.32 Å². The van der Waals surface area contributed by atoms with E-state index in [4.69, 9.17) is 11.6 Å². The third-order valence-electron chi connectivity index (χ3n) is 5.98. The Morgan fingerprint density at radius 2 is 1.56 bits per heavy atom. The van der Waals surface area contributed by atoms with Crippen LogP contribution in [0.4, 0.5) is 5.69 Å². The van der Waals surface area contributed by atoms with Crippen molar-refractivity contribution in [3.8, 4) is 11.1 Å². The molecule has 0 bridgehead atoms. The predicted octanol–water partition coefficient (Wildman–Crippen LogP) is 6.70. The summed E-state index contributed by atoms with van der Waals surface area (Å²) >= 11 is 6.16. The number of rotatable bonds is 7. The summed E-state index contributed by atoms with van der Waals surface area (Å²) in [6, 6.07) is 18.2. The topological polar surface area (TPSA) is 78.4 Å². The standard InChI is InChI=1S/C28H31ClN2O3/c1-16-12-20(10-11-24(16)29)19(4)30-23-9-7-8-21(15-23)22-13-17(2)25(18(3)14-22)26(32)31-28(5,6)27(33)34/h7-15,19,30H,1-6H3,(H,31,32)(H,33,34). The summed E-state index contributed by atoms with van der Waals surface area (Å²) in [7, 11) is 0. The minimum atomic E-state index is -1.35. The highest BCUT2D eigenvalue weighted by atomic mass is 35.5. The molecule has 5 nitrogen and oxygen atoms in total. The second-order valence-corrected chi connectivity index (χ2v) is 9.73. The van der Waals surface area contributed by atoms with E-state index in [9.17, 15) is 14.7 Å². The summed E-state index contributed by atoms with van der Waals surface area (Å²) in [5, 5.41) is 16.2. The van der Waals surface area contributed by atoms with Crippen molar-refractivity contribution in [3.63, 3.8) is 0 Å². The smallest absolute Gasteiger partial charge is 0.328 e. The van der Waals surface area contributed by atoms with Gasteiger partial charge in [-0.1, -0.05) is 48.0 Å².